The summed E-state index contributed by atoms with van der Waals surface area (Å²) in [4.78, 5) is 1.10. The predicted molar refractivity (Wildman–Crippen MR) is 51.5 cm³/mol. The van der Waals surface area contributed by atoms with Crippen LogP contribution in [0.4, 0.5) is 4.39 Å². The van der Waals surface area contributed by atoms with Crippen LogP contribution in [0.5, 0.6) is 0 Å². The van der Waals surface area contributed by atoms with Crippen LogP contribution in [0, 0.1) is 5.82 Å². The Hall–Kier alpha value is -0.540. The number of aliphatic hydroxyl groups excluding tert-OH is 1. The van der Waals surface area contributed by atoms with Crippen LogP contribution in [0.25, 0.3) is 0 Å². The highest BCUT2D eigenvalue weighted by Gasteiger charge is 2.26. The van der Waals surface area contributed by atoms with Gasteiger partial charge < -0.3 is 5.11 Å². The Balaban J connectivity index is 2.40. The maximum atomic E-state index is 12.9. The molecule has 1 heterocycles. The molecule has 0 radical (unpaired) electrons. The minimum Gasteiger partial charge on any atom is -0.393 e. The topological polar surface area (TPSA) is 20.2 Å². The van der Waals surface area contributed by atoms with Crippen LogP contribution in [0.3, 0.4) is 0 Å². The highest BCUT2D eigenvalue weighted by molar-refractivity contribution is 7.99. The third-order valence-electron chi connectivity index (χ3n) is 2.37. The summed E-state index contributed by atoms with van der Waals surface area (Å²) >= 11 is 1.69. The summed E-state index contributed by atoms with van der Waals surface area (Å²) in [7, 11) is 0. The van der Waals surface area contributed by atoms with Gasteiger partial charge in [-0.2, -0.15) is 0 Å². The normalized spacial score (nSPS) is 22.8. The maximum absolute atomic E-state index is 12.9. The average molecular weight is 198 g/mol. The van der Waals surface area contributed by atoms with Crippen molar-refractivity contribution in [1.29, 1.82) is 0 Å². The number of halogens is 1. The zero-order valence-corrected chi connectivity index (χ0v) is 8.14. The molecule has 1 nitrogen and oxygen atoms in total. The van der Waals surface area contributed by atoms with Gasteiger partial charge >= 0.3 is 0 Å². The number of hydrogen-bond acceptors (Lipinski definition) is 2. The van der Waals surface area contributed by atoms with E-state index in [1.165, 1.54) is 12.1 Å². The molecule has 2 rings (SSSR count). The van der Waals surface area contributed by atoms with E-state index >= 15 is 0 Å². The van der Waals surface area contributed by atoms with Crippen molar-refractivity contribution in [3.63, 3.8) is 0 Å². The van der Waals surface area contributed by atoms with Crippen LogP contribution < -0.4 is 0 Å². The SMILES string of the molecule is CC(O)C1CSc2ccc(F)cc21. The van der Waals surface area contributed by atoms with Crippen molar-refractivity contribution >= 4 is 11.8 Å². The number of fused-ring (bicyclic) bond motifs is 1. The molecule has 2 unspecified atom stereocenters. The summed E-state index contributed by atoms with van der Waals surface area (Å²) in [6.07, 6.45) is -0.393. The second kappa shape index (κ2) is 3.31. The molecule has 0 aliphatic carbocycles. The summed E-state index contributed by atoms with van der Waals surface area (Å²) in [5.41, 5.74) is 0.958. The molecule has 1 aliphatic heterocycles. The maximum Gasteiger partial charge on any atom is 0.123 e. The Labute approximate surface area is 81.0 Å². The van der Waals surface area contributed by atoms with Crippen molar-refractivity contribution in [2.45, 2.75) is 23.8 Å². The van der Waals surface area contributed by atoms with Gasteiger partial charge in [0.2, 0.25) is 0 Å². The summed E-state index contributed by atoms with van der Waals surface area (Å²) in [5.74, 6) is 0.735. The molecule has 3 heteroatoms. The zero-order chi connectivity index (χ0) is 9.42. The molecule has 70 valence electrons. The number of aliphatic hydroxyl groups is 1. The Morgan fingerprint density at radius 3 is 3.08 bits per heavy atom. The van der Waals surface area contributed by atoms with Crippen molar-refractivity contribution in [3.05, 3.63) is 29.6 Å². The molecule has 1 aliphatic rings. The fourth-order valence-corrected chi connectivity index (χ4v) is 2.97. The molecule has 0 fully saturated rings. The lowest BCUT2D eigenvalue weighted by molar-refractivity contribution is 0.171. The van der Waals surface area contributed by atoms with E-state index in [9.17, 15) is 9.50 Å². The quantitative estimate of drug-likeness (QED) is 0.747. The van der Waals surface area contributed by atoms with Gasteiger partial charge in [-0.05, 0) is 30.7 Å². The average Bonchev–Trinajstić information content (AvgIpc) is 2.46. The van der Waals surface area contributed by atoms with E-state index < -0.39 is 6.10 Å². The summed E-state index contributed by atoms with van der Waals surface area (Å²) in [5, 5.41) is 9.45. The van der Waals surface area contributed by atoms with Crippen molar-refractivity contribution in [2.24, 2.45) is 0 Å². The summed E-state index contributed by atoms with van der Waals surface area (Å²) in [6.45, 7) is 1.76. The molecule has 0 spiro atoms. The molecule has 0 amide bonds. The lowest BCUT2D eigenvalue weighted by Crippen LogP contribution is -2.13. The molecule has 0 bridgehead atoms. The van der Waals surface area contributed by atoms with Crippen molar-refractivity contribution in [2.75, 3.05) is 5.75 Å². The van der Waals surface area contributed by atoms with Crippen molar-refractivity contribution in [3.8, 4) is 0 Å². The van der Waals surface area contributed by atoms with E-state index in [0.717, 1.165) is 16.2 Å². The highest BCUT2D eigenvalue weighted by atomic mass is 32.2. The molecule has 0 saturated heterocycles. The van der Waals surface area contributed by atoms with Gasteiger partial charge in [0.1, 0.15) is 5.82 Å². The smallest absolute Gasteiger partial charge is 0.123 e. The molecule has 2 atom stereocenters. The molecule has 0 saturated carbocycles. The van der Waals surface area contributed by atoms with Crippen LogP contribution in [0.15, 0.2) is 23.1 Å². The largest absolute Gasteiger partial charge is 0.393 e. The zero-order valence-electron chi connectivity index (χ0n) is 7.33. The van der Waals surface area contributed by atoms with Gasteiger partial charge in [-0.1, -0.05) is 0 Å². The minimum atomic E-state index is -0.393. The molecule has 13 heavy (non-hydrogen) atoms. The van der Waals surface area contributed by atoms with Crippen molar-refractivity contribution < 1.29 is 9.50 Å². The standard InChI is InChI=1S/C10H11FOS/c1-6(12)9-5-13-10-3-2-7(11)4-8(9)10/h2-4,6,9,12H,5H2,1H3. The van der Waals surface area contributed by atoms with E-state index in [-0.39, 0.29) is 11.7 Å². The van der Waals surface area contributed by atoms with Crippen molar-refractivity contribution in [1.82, 2.24) is 0 Å². The van der Waals surface area contributed by atoms with E-state index in [1.54, 1.807) is 24.8 Å². The van der Waals surface area contributed by atoms with Gasteiger partial charge in [0.15, 0.2) is 0 Å². The Morgan fingerprint density at radius 1 is 1.62 bits per heavy atom. The first-order valence-corrected chi connectivity index (χ1v) is 5.27. The van der Waals surface area contributed by atoms with Crippen LogP contribution in [-0.2, 0) is 0 Å². The molecule has 0 aromatic heterocycles. The third kappa shape index (κ3) is 1.58. The first-order chi connectivity index (χ1) is 6.18. The second-order valence-electron chi connectivity index (χ2n) is 3.34. The van der Waals surface area contributed by atoms with E-state index in [0.29, 0.717) is 0 Å². The van der Waals surface area contributed by atoms with Crippen LogP contribution in [0.1, 0.15) is 18.4 Å². The monoisotopic (exact) mass is 198 g/mol. The summed E-state index contributed by atoms with van der Waals surface area (Å²) < 4.78 is 12.9. The van der Waals surface area contributed by atoms with Gasteiger partial charge in [0.25, 0.3) is 0 Å². The lowest BCUT2D eigenvalue weighted by atomic mass is 9.96. The fraction of sp³-hybridized carbons (Fsp3) is 0.400. The third-order valence-corrected chi connectivity index (χ3v) is 3.58. The predicted octanol–water partition coefficient (Wildman–Crippen LogP) is 2.40. The Kier molecular flexibility index (Phi) is 2.30. The lowest BCUT2D eigenvalue weighted by Gasteiger charge is -2.13. The van der Waals surface area contributed by atoms with Crippen LogP contribution >= 0.6 is 11.8 Å². The number of rotatable bonds is 1. The first-order valence-electron chi connectivity index (χ1n) is 4.29. The van der Waals surface area contributed by atoms with Gasteiger partial charge in [-0.15, -0.1) is 11.8 Å². The molecule has 1 N–H and O–H groups in total. The molecular weight excluding hydrogens is 187 g/mol. The second-order valence-corrected chi connectivity index (χ2v) is 4.40. The first kappa shape index (κ1) is 9.03. The van der Waals surface area contributed by atoms with E-state index in [1.807, 2.05) is 0 Å². The molecule has 1 aromatic carbocycles. The van der Waals surface area contributed by atoms with Gasteiger partial charge in [-0.3, -0.25) is 0 Å². The number of benzene rings is 1. The number of hydrogen-bond donors (Lipinski definition) is 1. The summed E-state index contributed by atoms with van der Waals surface area (Å²) in [6, 6.07) is 4.79. The van der Waals surface area contributed by atoms with Crippen LogP contribution in [0.2, 0.25) is 0 Å². The van der Waals surface area contributed by atoms with Gasteiger partial charge in [0, 0.05) is 16.6 Å². The van der Waals surface area contributed by atoms with E-state index in [2.05, 4.69) is 0 Å². The molecular formula is C10H11FOS. The van der Waals surface area contributed by atoms with Gasteiger partial charge in [0.05, 0.1) is 6.10 Å². The highest BCUT2D eigenvalue weighted by Crippen LogP contribution is 2.41. The Bertz CT molecular complexity index is 325. The van der Waals surface area contributed by atoms with E-state index in [4.69, 9.17) is 0 Å². The Morgan fingerprint density at radius 2 is 2.38 bits per heavy atom. The van der Waals surface area contributed by atoms with Gasteiger partial charge in [-0.25, -0.2) is 4.39 Å². The number of thioether (sulfide) groups is 1. The van der Waals surface area contributed by atoms with Crippen LogP contribution in [-0.4, -0.2) is 17.0 Å². The minimum absolute atomic E-state index is 0.0932. The fourth-order valence-electron chi connectivity index (χ4n) is 1.61. The molecule has 1 aromatic rings.